The standard InChI is InChI=1S/C22H28N4O6S2.ClH.H2O/c1-6-7-12(13-9-34-21(23)24-13)16(27)25-14-17(28)26-15(11(2)8-33-18(14)26)19(29)31-10-32-20(30)22(3,4)5;;/h7,9,14,18H,6,8,10H2,1-5H3,(H2,23,24)(H,25,27);1H;1H2/b12-7-;;/t14-,18-;;/m1../s1. The minimum Gasteiger partial charge on any atom is -0.427 e. The van der Waals surface area contributed by atoms with Gasteiger partial charge in [0.15, 0.2) is 5.13 Å². The zero-order valence-electron chi connectivity index (χ0n) is 20.6. The molecule has 3 heterocycles. The van der Waals surface area contributed by atoms with Gasteiger partial charge in [-0.15, -0.1) is 35.5 Å². The lowest BCUT2D eigenvalue weighted by molar-refractivity contribution is -0.173. The smallest absolute Gasteiger partial charge is 0.357 e. The molecule has 0 bridgehead atoms. The van der Waals surface area contributed by atoms with Crippen molar-refractivity contribution in [3.63, 3.8) is 0 Å². The van der Waals surface area contributed by atoms with Crippen LogP contribution >= 0.6 is 35.5 Å². The first-order valence-corrected chi connectivity index (χ1v) is 12.6. The van der Waals surface area contributed by atoms with Crippen LogP contribution in [-0.4, -0.2) is 63.1 Å². The van der Waals surface area contributed by atoms with Gasteiger partial charge in [-0.05, 0) is 39.7 Å². The van der Waals surface area contributed by atoms with Crippen LogP contribution in [0.15, 0.2) is 22.7 Å². The monoisotopic (exact) mass is 562 g/mol. The zero-order valence-corrected chi connectivity index (χ0v) is 23.0. The molecule has 0 unspecified atom stereocenters. The summed E-state index contributed by atoms with van der Waals surface area (Å²) in [7, 11) is 0. The molecule has 36 heavy (non-hydrogen) atoms. The number of nitrogens with one attached hydrogen (secondary N) is 1. The SMILES string of the molecule is CC/C=C(\C(=O)N[C@@H]1C(=O)N2C(C(=O)OCOC(=O)C(C)(C)C)=C(C)CS[C@H]12)c1csc(N)n1.Cl.O. The average molecular weight is 563 g/mol. The van der Waals surface area contributed by atoms with Crippen molar-refractivity contribution >= 4 is 70.0 Å². The number of aromatic nitrogens is 1. The van der Waals surface area contributed by atoms with E-state index in [0.29, 0.717) is 34.1 Å². The van der Waals surface area contributed by atoms with Crippen LogP contribution in [0.5, 0.6) is 0 Å². The predicted octanol–water partition coefficient (Wildman–Crippen LogP) is 1.88. The largest absolute Gasteiger partial charge is 0.427 e. The maximum Gasteiger partial charge on any atom is 0.357 e. The number of ether oxygens (including phenoxy) is 2. The maximum absolute atomic E-state index is 12.9. The number of amides is 2. The highest BCUT2D eigenvalue weighted by Gasteiger charge is 2.54. The second-order valence-electron chi connectivity index (χ2n) is 8.82. The zero-order chi connectivity index (χ0) is 25.2. The van der Waals surface area contributed by atoms with Crippen molar-refractivity contribution in [1.82, 2.24) is 15.2 Å². The number of allylic oxidation sites excluding steroid dienone is 1. The molecule has 3 rings (SSSR count). The van der Waals surface area contributed by atoms with E-state index in [1.807, 2.05) is 6.92 Å². The van der Waals surface area contributed by atoms with Crippen LogP contribution in [0.25, 0.3) is 5.57 Å². The summed E-state index contributed by atoms with van der Waals surface area (Å²) in [6.45, 7) is 8.13. The quantitative estimate of drug-likeness (QED) is 0.218. The molecule has 1 aromatic heterocycles. The van der Waals surface area contributed by atoms with Gasteiger partial charge in [-0.2, -0.15) is 0 Å². The fourth-order valence-electron chi connectivity index (χ4n) is 3.33. The van der Waals surface area contributed by atoms with Crippen molar-refractivity contribution in [2.45, 2.75) is 52.5 Å². The first-order chi connectivity index (χ1) is 16.0. The lowest BCUT2D eigenvalue weighted by Gasteiger charge is -2.49. The first kappa shape index (κ1) is 31.4. The molecule has 1 saturated heterocycles. The first-order valence-electron chi connectivity index (χ1n) is 10.7. The fourth-order valence-corrected chi connectivity index (χ4v) is 5.19. The van der Waals surface area contributed by atoms with Gasteiger partial charge in [0.25, 0.3) is 11.8 Å². The number of thiazole rings is 1. The molecular formula is C22H31ClN4O7S2. The van der Waals surface area contributed by atoms with Crippen molar-refractivity contribution in [1.29, 1.82) is 0 Å². The Morgan fingerprint density at radius 2 is 1.97 bits per heavy atom. The molecule has 11 nitrogen and oxygen atoms in total. The van der Waals surface area contributed by atoms with E-state index in [2.05, 4.69) is 10.3 Å². The number of fused-ring (bicyclic) bond motifs is 1. The number of carbonyl (C=O) groups is 4. The number of nitrogens with zero attached hydrogens (tertiary/aromatic N) is 2. The predicted molar refractivity (Wildman–Crippen MR) is 140 cm³/mol. The molecule has 0 saturated carbocycles. The second kappa shape index (κ2) is 12.6. The van der Waals surface area contributed by atoms with E-state index >= 15 is 0 Å². The number of carbonyl (C=O) groups excluding carboxylic acids is 4. The van der Waals surface area contributed by atoms with E-state index < -0.39 is 47.4 Å². The highest BCUT2D eigenvalue weighted by Crippen LogP contribution is 2.40. The van der Waals surface area contributed by atoms with Crippen LogP contribution < -0.4 is 11.1 Å². The van der Waals surface area contributed by atoms with Gasteiger partial charge in [-0.25, -0.2) is 9.78 Å². The van der Waals surface area contributed by atoms with Gasteiger partial charge in [-0.1, -0.05) is 13.0 Å². The molecule has 200 valence electrons. The highest BCUT2D eigenvalue weighted by atomic mass is 35.5. The third-order valence-corrected chi connectivity index (χ3v) is 7.18. The third-order valence-electron chi connectivity index (χ3n) is 5.08. The number of hydrogen-bond donors (Lipinski definition) is 2. The van der Waals surface area contributed by atoms with Crippen LogP contribution in [0.4, 0.5) is 5.13 Å². The van der Waals surface area contributed by atoms with E-state index in [1.165, 1.54) is 28.0 Å². The summed E-state index contributed by atoms with van der Waals surface area (Å²) >= 11 is 2.66. The van der Waals surface area contributed by atoms with Gasteiger partial charge in [-0.3, -0.25) is 19.3 Å². The number of β-lactam (4-membered cyclic amide) rings is 1. The Kier molecular flexibility index (Phi) is 11.0. The summed E-state index contributed by atoms with van der Waals surface area (Å²) in [6, 6.07) is -0.802. The molecule has 2 aliphatic heterocycles. The average Bonchev–Trinajstić information content (AvgIpc) is 3.20. The molecule has 1 fully saturated rings. The van der Waals surface area contributed by atoms with Crippen LogP contribution in [0.1, 0.15) is 46.7 Å². The van der Waals surface area contributed by atoms with Crippen molar-refractivity contribution in [3.05, 3.63) is 28.4 Å². The molecule has 2 atom stereocenters. The summed E-state index contributed by atoms with van der Waals surface area (Å²) in [6.07, 6.45) is 2.32. The molecule has 2 amide bonds. The van der Waals surface area contributed by atoms with Crippen LogP contribution in [-0.2, 0) is 28.7 Å². The Morgan fingerprint density at radius 3 is 2.53 bits per heavy atom. The molecule has 0 aromatic carbocycles. The molecule has 1 aromatic rings. The Labute approximate surface area is 223 Å². The third kappa shape index (κ3) is 6.58. The van der Waals surface area contributed by atoms with Gasteiger partial charge >= 0.3 is 11.9 Å². The van der Waals surface area contributed by atoms with Crippen LogP contribution in [0.2, 0.25) is 0 Å². The number of thioether (sulfide) groups is 1. The summed E-state index contributed by atoms with van der Waals surface area (Å²) in [5.41, 5.74) is 6.53. The molecule has 0 spiro atoms. The van der Waals surface area contributed by atoms with Crippen molar-refractivity contribution in [2.75, 3.05) is 18.3 Å². The Hall–Kier alpha value is -2.61. The van der Waals surface area contributed by atoms with E-state index in [4.69, 9.17) is 15.2 Å². The summed E-state index contributed by atoms with van der Waals surface area (Å²) < 4.78 is 10.1. The minimum atomic E-state index is -0.802. The number of hydrogen-bond acceptors (Lipinski definition) is 10. The number of nitrogen functional groups attached to an aromatic ring is 1. The number of halogens is 1. The van der Waals surface area contributed by atoms with Crippen molar-refractivity contribution < 1.29 is 34.1 Å². The molecule has 0 aliphatic carbocycles. The van der Waals surface area contributed by atoms with Crippen molar-refractivity contribution in [3.8, 4) is 0 Å². The van der Waals surface area contributed by atoms with Gasteiger partial charge < -0.3 is 26.0 Å². The number of esters is 2. The highest BCUT2D eigenvalue weighted by molar-refractivity contribution is 8.00. The lowest BCUT2D eigenvalue weighted by Crippen LogP contribution is -2.70. The topological polar surface area (TPSA) is 172 Å². The van der Waals surface area contributed by atoms with Gasteiger partial charge in [0, 0.05) is 11.1 Å². The summed E-state index contributed by atoms with van der Waals surface area (Å²) in [5.74, 6) is -1.64. The van der Waals surface area contributed by atoms with Gasteiger partial charge in [0.05, 0.1) is 16.7 Å². The van der Waals surface area contributed by atoms with E-state index in [1.54, 1.807) is 39.2 Å². The molecule has 5 N–H and O–H groups in total. The Balaban J connectivity index is 0.00000324. The number of nitrogens with two attached hydrogens (primary N) is 1. The molecule has 14 heteroatoms. The van der Waals surface area contributed by atoms with Crippen LogP contribution in [0, 0.1) is 5.41 Å². The molecule has 0 radical (unpaired) electrons. The molecular weight excluding hydrogens is 532 g/mol. The van der Waals surface area contributed by atoms with E-state index in [-0.39, 0.29) is 23.6 Å². The normalized spacial score (nSPS) is 19.3. The fraction of sp³-hybridized carbons (Fsp3) is 0.500. The summed E-state index contributed by atoms with van der Waals surface area (Å²) in [4.78, 5) is 55.9. The minimum absolute atomic E-state index is 0. The van der Waals surface area contributed by atoms with E-state index in [0.717, 1.165) is 0 Å². The van der Waals surface area contributed by atoms with Gasteiger partial charge in [0.1, 0.15) is 17.1 Å². The van der Waals surface area contributed by atoms with Crippen LogP contribution in [0.3, 0.4) is 0 Å². The van der Waals surface area contributed by atoms with E-state index in [9.17, 15) is 19.2 Å². The van der Waals surface area contributed by atoms with Gasteiger partial charge in [0.2, 0.25) is 6.79 Å². The second-order valence-corrected chi connectivity index (χ2v) is 10.8. The van der Waals surface area contributed by atoms with Crippen molar-refractivity contribution in [2.24, 2.45) is 5.41 Å². The molecule has 2 aliphatic rings. The Morgan fingerprint density at radius 1 is 1.31 bits per heavy atom. The number of rotatable bonds is 7. The maximum atomic E-state index is 12.9. The number of anilines is 1. The lowest BCUT2D eigenvalue weighted by atomic mass is 9.98. The Bertz CT molecular complexity index is 1080. The summed E-state index contributed by atoms with van der Waals surface area (Å²) in [5, 5.41) is 4.34.